The highest BCUT2D eigenvalue weighted by Gasteiger charge is 2.15. The highest BCUT2D eigenvalue weighted by molar-refractivity contribution is 5.87. The summed E-state index contributed by atoms with van der Waals surface area (Å²) in [6.07, 6.45) is 0.677. The Morgan fingerprint density at radius 2 is 2.16 bits per heavy atom. The zero-order valence-electron chi connectivity index (χ0n) is 11.5. The highest BCUT2D eigenvalue weighted by Crippen LogP contribution is 2.32. The summed E-state index contributed by atoms with van der Waals surface area (Å²) in [4.78, 5) is 10.8. The maximum atomic E-state index is 10.8. The minimum absolute atomic E-state index is 0.144. The molecule has 0 atom stereocenters. The predicted octanol–water partition coefficient (Wildman–Crippen LogP) is 3.25. The van der Waals surface area contributed by atoms with Crippen molar-refractivity contribution >= 4 is 16.9 Å². The Kier molecular flexibility index (Phi) is 3.79. The van der Waals surface area contributed by atoms with Crippen LogP contribution < -0.4 is 4.74 Å². The van der Waals surface area contributed by atoms with Gasteiger partial charge in [-0.15, -0.1) is 0 Å². The van der Waals surface area contributed by atoms with Crippen molar-refractivity contribution in [1.29, 1.82) is 0 Å². The second-order valence-electron chi connectivity index (χ2n) is 4.89. The van der Waals surface area contributed by atoms with Crippen molar-refractivity contribution in [2.75, 3.05) is 7.11 Å². The Morgan fingerprint density at radius 3 is 2.74 bits per heavy atom. The largest absolute Gasteiger partial charge is 0.495 e. The number of hydrogen-bond acceptors (Lipinski definition) is 2. The van der Waals surface area contributed by atoms with E-state index in [0.717, 1.165) is 22.3 Å². The van der Waals surface area contributed by atoms with E-state index in [4.69, 9.17) is 9.84 Å². The Morgan fingerprint density at radius 1 is 1.42 bits per heavy atom. The van der Waals surface area contributed by atoms with Crippen LogP contribution in [0, 0.1) is 0 Å². The summed E-state index contributed by atoms with van der Waals surface area (Å²) < 4.78 is 7.58. The normalized spacial score (nSPS) is 11.2. The number of rotatable bonds is 5. The van der Waals surface area contributed by atoms with Crippen LogP contribution in [-0.2, 0) is 11.2 Å². The first-order valence-electron chi connectivity index (χ1n) is 6.43. The molecular weight excluding hydrogens is 242 g/mol. The fourth-order valence-electron chi connectivity index (χ4n) is 2.49. The molecule has 0 saturated carbocycles. The number of para-hydroxylation sites is 1. The van der Waals surface area contributed by atoms with Crippen LogP contribution >= 0.6 is 0 Å². The molecule has 1 aromatic heterocycles. The summed E-state index contributed by atoms with van der Waals surface area (Å²) in [5.41, 5.74) is 2.08. The summed E-state index contributed by atoms with van der Waals surface area (Å²) in [6.45, 7) is 4.19. The van der Waals surface area contributed by atoms with E-state index in [1.165, 1.54) is 0 Å². The molecule has 0 amide bonds. The number of methoxy groups -OCH3 is 1. The van der Waals surface area contributed by atoms with Crippen LogP contribution in [0.15, 0.2) is 24.3 Å². The van der Waals surface area contributed by atoms with E-state index in [9.17, 15) is 4.79 Å². The van der Waals surface area contributed by atoms with Gasteiger partial charge in [-0.2, -0.15) is 0 Å². The fourth-order valence-corrected chi connectivity index (χ4v) is 2.49. The number of fused-ring (bicyclic) bond motifs is 1. The van der Waals surface area contributed by atoms with Gasteiger partial charge in [0, 0.05) is 17.1 Å². The van der Waals surface area contributed by atoms with Gasteiger partial charge in [0.25, 0.3) is 0 Å². The van der Waals surface area contributed by atoms with Gasteiger partial charge in [-0.3, -0.25) is 4.79 Å². The van der Waals surface area contributed by atoms with Gasteiger partial charge >= 0.3 is 5.97 Å². The van der Waals surface area contributed by atoms with Crippen LogP contribution in [0.1, 0.15) is 32.0 Å². The van der Waals surface area contributed by atoms with Gasteiger partial charge in [-0.05, 0) is 32.4 Å². The fraction of sp³-hybridized carbons (Fsp3) is 0.400. The van der Waals surface area contributed by atoms with Crippen molar-refractivity contribution < 1.29 is 14.6 Å². The number of aromatic nitrogens is 1. The lowest BCUT2D eigenvalue weighted by atomic mass is 10.2. The average Bonchev–Trinajstić information content (AvgIpc) is 2.74. The van der Waals surface area contributed by atoms with E-state index < -0.39 is 5.97 Å². The molecule has 1 heterocycles. The van der Waals surface area contributed by atoms with Gasteiger partial charge in [-0.25, -0.2) is 0 Å². The molecule has 102 valence electrons. The van der Waals surface area contributed by atoms with Crippen LogP contribution in [0.2, 0.25) is 0 Å². The van der Waals surface area contributed by atoms with Gasteiger partial charge in [0.05, 0.1) is 19.0 Å². The lowest BCUT2D eigenvalue weighted by Gasteiger charge is -2.16. The zero-order chi connectivity index (χ0) is 14.0. The SMILES string of the molecule is COc1cccc2cc(CCC(=O)O)n(C(C)C)c12. The minimum Gasteiger partial charge on any atom is -0.495 e. The summed E-state index contributed by atoms with van der Waals surface area (Å²) in [5, 5.41) is 9.94. The van der Waals surface area contributed by atoms with Crippen molar-refractivity contribution in [3.63, 3.8) is 0 Å². The molecule has 4 nitrogen and oxygen atoms in total. The molecule has 19 heavy (non-hydrogen) atoms. The molecule has 0 bridgehead atoms. The topological polar surface area (TPSA) is 51.5 Å². The van der Waals surface area contributed by atoms with E-state index in [0.29, 0.717) is 6.42 Å². The molecule has 0 aliphatic heterocycles. The maximum absolute atomic E-state index is 10.8. The summed E-state index contributed by atoms with van der Waals surface area (Å²) in [7, 11) is 1.66. The van der Waals surface area contributed by atoms with Crippen molar-refractivity contribution in [1.82, 2.24) is 4.57 Å². The lowest BCUT2D eigenvalue weighted by molar-refractivity contribution is -0.136. The number of nitrogens with zero attached hydrogens (tertiary/aromatic N) is 1. The molecule has 0 fully saturated rings. The third-order valence-electron chi connectivity index (χ3n) is 3.23. The monoisotopic (exact) mass is 261 g/mol. The van der Waals surface area contributed by atoms with Crippen molar-refractivity contribution in [2.24, 2.45) is 0 Å². The zero-order valence-corrected chi connectivity index (χ0v) is 11.5. The van der Waals surface area contributed by atoms with Gasteiger partial charge in [-0.1, -0.05) is 12.1 Å². The maximum Gasteiger partial charge on any atom is 0.303 e. The Hall–Kier alpha value is -1.97. The Balaban J connectivity index is 2.57. The predicted molar refractivity (Wildman–Crippen MR) is 74.8 cm³/mol. The molecule has 0 aliphatic carbocycles. The number of aliphatic carboxylic acids is 1. The first-order valence-corrected chi connectivity index (χ1v) is 6.43. The molecule has 0 unspecified atom stereocenters. The molecule has 0 spiro atoms. The first-order chi connectivity index (χ1) is 9.04. The van der Waals surface area contributed by atoms with Gasteiger partial charge in [0.2, 0.25) is 0 Å². The van der Waals surface area contributed by atoms with Gasteiger partial charge in [0.15, 0.2) is 0 Å². The third-order valence-corrected chi connectivity index (χ3v) is 3.23. The molecule has 1 aromatic carbocycles. The molecule has 2 aromatic rings. The van der Waals surface area contributed by atoms with Crippen molar-refractivity contribution in [3.8, 4) is 5.75 Å². The van der Waals surface area contributed by atoms with Crippen molar-refractivity contribution in [3.05, 3.63) is 30.0 Å². The van der Waals surface area contributed by atoms with E-state index in [-0.39, 0.29) is 12.5 Å². The number of benzene rings is 1. The van der Waals surface area contributed by atoms with E-state index >= 15 is 0 Å². The lowest BCUT2D eigenvalue weighted by Crippen LogP contribution is -2.08. The van der Waals surface area contributed by atoms with Crippen LogP contribution in [0.4, 0.5) is 0 Å². The quantitative estimate of drug-likeness (QED) is 0.898. The molecule has 4 heteroatoms. The standard InChI is InChI=1S/C15H19NO3/c1-10(2)16-12(7-8-14(17)18)9-11-5-4-6-13(19-3)15(11)16/h4-6,9-10H,7-8H2,1-3H3,(H,17,18). The molecule has 0 saturated heterocycles. The molecule has 1 N–H and O–H groups in total. The number of ether oxygens (including phenoxy) is 1. The van der Waals surface area contributed by atoms with E-state index in [2.05, 4.69) is 24.5 Å². The number of aryl methyl sites for hydroxylation is 1. The van der Waals surface area contributed by atoms with Crippen LogP contribution in [0.5, 0.6) is 5.75 Å². The first kappa shape index (κ1) is 13.5. The van der Waals surface area contributed by atoms with Gasteiger partial charge < -0.3 is 14.4 Å². The molecule has 2 rings (SSSR count). The Bertz CT molecular complexity index is 599. The van der Waals surface area contributed by atoms with Crippen molar-refractivity contribution in [2.45, 2.75) is 32.7 Å². The number of hydrogen-bond donors (Lipinski definition) is 1. The minimum atomic E-state index is -0.771. The number of carboxylic acid groups (broad SMARTS) is 1. The number of carbonyl (C=O) groups is 1. The van der Waals surface area contributed by atoms with Crippen LogP contribution in [-0.4, -0.2) is 22.8 Å². The smallest absolute Gasteiger partial charge is 0.303 e. The molecule has 0 aliphatic rings. The van der Waals surface area contributed by atoms with Crippen LogP contribution in [0.3, 0.4) is 0 Å². The van der Waals surface area contributed by atoms with E-state index in [1.807, 2.05) is 18.2 Å². The third kappa shape index (κ3) is 2.57. The number of carboxylic acids is 1. The average molecular weight is 261 g/mol. The second kappa shape index (κ2) is 5.34. The second-order valence-corrected chi connectivity index (χ2v) is 4.89. The summed E-state index contributed by atoms with van der Waals surface area (Å²) in [6, 6.07) is 8.23. The summed E-state index contributed by atoms with van der Waals surface area (Å²) in [5.74, 6) is 0.0558. The van der Waals surface area contributed by atoms with Crippen LogP contribution in [0.25, 0.3) is 10.9 Å². The molecular formula is C15H19NO3. The molecule has 0 radical (unpaired) electrons. The highest BCUT2D eigenvalue weighted by atomic mass is 16.5. The van der Waals surface area contributed by atoms with E-state index in [1.54, 1.807) is 7.11 Å². The van der Waals surface area contributed by atoms with Gasteiger partial charge in [0.1, 0.15) is 5.75 Å². The summed E-state index contributed by atoms with van der Waals surface area (Å²) >= 11 is 0. The Labute approximate surface area is 112 Å².